The molecule has 5 nitrogen and oxygen atoms in total. The summed E-state index contributed by atoms with van der Waals surface area (Å²) in [6, 6.07) is 6.45. The average molecular weight is 330 g/mol. The van der Waals surface area contributed by atoms with Gasteiger partial charge in [-0.1, -0.05) is 6.07 Å². The second kappa shape index (κ2) is 7.21. The summed E-state index contributed by atoms with van der Waals surface area (Å²) < 4.78 is 0. The molecular formula is C17H22N4OS. The van der Waals surface area contributed by atoms with Gasteiger partial charge in [0.1, 0.15) is 0 Å². The highest BCUT2D eigenvalue weighted by molar-refractivity contribution is 7.10. The molecule has 3 heterocycles. The van der Waals surface area contributed by atoms with Gasteiger partial charge >= 0.3 is 0 Å². The number of carbonyl (C=O) groups is 1. The van der Waals surface area contributed by atoms with Crippen LogP contribution in [-0.4, -0.2) is 35.9 Å². The van der Waals surface area contributed by atoms with Gasteiger partial charge in [0.05, 0.1) is 5.56 Å². The molecule has 0 unspecified atom stereocenters. The van der Waals surface area contributed by atoms with Gasteiger partial charge in [0.2, 0.25) is 5.91 Å². The molecule has 2 aromatic heterocycles. The normalized spacial score (nSPS) is 21.6. The Balaban J connectivity index is 1.57. The van der Waals surface area contributed by atoms with Crippen LogP contribution in [0.15, 0.2) is 36.0 Å². The third kappa shape index (κ3) is 3.77. The summed E-state index contributed by atoms with van der Waals surface area (Å²) in [7, 11) is 2.18. The lowest BCUT2D eigenvalue weighted by molar-refractivity contribution is 0.100. The molecule has 0 aliphatic carbocycles. The van der Waals surface area contributed by atoms with E-state index < -0.39 is 0 Å². The maximum Gasteiger partial charge on any atom is 0.249 e. The van der Waals surface area contributed by atoms with E-state index >= 15 is 0 Å². The van der Waals surface area contributed by atoms with Gasteiger partial charge in [0.25, 0.3) is 0 Å². The van der Waals surface area contributed by atoms with Gasteiger partial charge in [-0.25, -0.2) is 0 Å². The summed E-state index contributed by atoms with van der Waals surface area (Å²) >= 11 is 1.57. The SMILES string of the molecule is CN1CC[C@@H](CNCc2cc(C(N)=O)cs2)[C@@H]1c1cccnc1. The summed E-state index contributed by atoms with van der Waals surface area (Å²) in [6.45, 7) is 2.84. The number of likely N-dealkylation sites (tertiary alicyclic amines) is 1. The maximum atomic E-state index is 11.1. The van der Waals surface area contributed by atoms with Gasteiger partial charge in [-0.2, -0.15) is 0 Å². The number of hydrogen-bond acceptors (Lipinski definition) is 5. The molecule has 1 saturated heterocycles. The molecule has 122 valence electrons. The first-order chi connectivity index (χ1) is 11.1. The fraction of sp³-hybridized carbons (Fsp3) is 0.412. The predicted octanol–water partition coefficient (Wildman–Crippen LogP) is 2.02. The Morgan fingerprint density at radius 3 is 3.13 bits per heavy atom. The molecular weight excluding hydrogens is 308 g/mol. The number of hydrogen-bond donors (Lipinski definition) is 2. The number of aromatic nitrogens is 1. The summed E-state index contributed by atoms with van der Waals surface area (Å²) in [5.41, 5.74) is 7.17. The standard InChI is InChI=1S/C17H22N4OS/c1-21-6-4-13(16(21)12-3-2-5-19-8-12)9-20-10-15-7-14(11-23-15)17(18)22/h2-3,5,7-8,11,13,16,20H,4,6,9-10H2,1H3,(H2,18,22)/t13-,16-/m0/s1. The molecule has 1 fully saturated rings. The first kappa shape index (κ1) is 16.1. The third-order valence-electron chi connectivity index (χ3n) is 4.44. The zero-order chi connectivity index (χ0) is 16.2. The lowest BCUT2D eigenvalue weighted by Crippen LogP contribution is -2.28. The van der Waals surface area contributed by atoms with Crippen molar-refractivity contribution in [1.29, 1.82) is 0 Å². The van der Waals surface area contributed by atoms with Crippen molar-refractivity contribution in [2.24, 2.45) is 11.7 Å². The highest BCUT2D eigenvalue weighted by Gasteiger charge is 2.32. The van der Waals surface area contributed by atoms with Gasteiger partial charge in [-0.05, 0) is 43.6 Å². The van der Waals surface area contributed by atoms with E-state index in [1.165, 1.54) is 12.0 Å². The first-order valence-electron chi connectivity index (χ1n) is 7.83. The van der Waals surface area contributed by atoms with Crippen molar-refractivity contribution in [2.45, 2.75) is 19.0 Å². The number of amides is 1. The summed E-state index contributed by atoms with van der Waals surface area (Å²) in [4.78, 5) is 18.9. The van der Waals surface area contributed by atoms with Crippen LogP contribution >= 0.6 is 11.3 Å². The molecule has 3 rings (SSSR count). The van der Waals surface area contributed by atoms with Crippen molar-refractivity contribution < 1.29 is 4.79 Å². The van der Waals surface area contributed by atoms with Gasteiger partial charge in [-0.3, -0.25) is 14.7 Å². The fourth-order valence-corrected chi connectivity index (χ4v) is 4.14. The van der Waals surface area contributed by atoms with Crippen molar-refractivity contribution in [3.8, 4) is 0 Å². The number of rotatable bonds is 6. The van der Waals surface area contributed by atoms with E-state index in [1.807, 2.05) is 29.9 Å². The molecule has 0 bridgehead atoms. The molecule has 1 amide bonds. The fourth-order valence-electron chi connectivity index (χ4n) is 3.30. The van der Waals surface area contributed by atoms with Crippen molar-refractivity contribution >= 4 is 17.2 Å². The second-order valence-corrected chi connectivity index (χ2v) is 7.05. The van der Waals surface area contributed by atoms with Gasteiger partial charge in [0, 0.05) is 41.8 Å². The first-order valence-corrected chi connectivity index (χ1v) is 8.71. The van der Waals surface area contributed by atoms with Crippen LogP contribution in [-0.2, 0) is 6.54 Å². The second-order valence-electron chi connectivity index (χ2n) is 6.06. The molecule has 0 saturated carbocycles. The van der Waals surface area contributed by atoms with E-state index in [0.717, 1.165) is 24.5 Å². The Hall–Kier alpha value is -1.76. The zero-order valence-corrected chi connectivity index (χ0v) is 14.1. The number of primary amides is 1. The van der Waals surface area contributed by atoms with Gasteiger partial charge in [0.15, 0.2) is 0 Å². The summed E-state index contributed by atoms with van der Waals surface area (Å²) in [6.07, 6.45) is 4.97. The van der Waals surface area contributed by atoms with Crippen molar-refractivity contribution in [3.63, 3.8) is 0 Å². The summed E-state index contributed by atoms with van der Waals surface area (Å²) in [5, 5.41) is 5.35. The summed E-state index contributed by atoms with van der Waals surface area (Å²) in [5.74, 6) is 0.210. The van der Waals surface area contributed by atoms with E-state index in [0.29, 0.717) is 17.5 Å². The number of nitrogens with zero attached hydrogens (tertiary/aromatic N) is 2. The zero-order valence-electron chi connectivity index (χ0n) is 13.2. The molecule has 1 aliphatic heterocycles. The molecule has 2 atom stereocenters. The van der Waals surface area contributed by atoms with Crippen LogP contribution in [0.25, 0.3) is 0 Å². The largest absolute Gasteiger partial charge is 0.366 e. The number of thiophene rings is 1. The Morgan fingerprint density at radius 1 is 1.57 bits per heavy atom. The Bertz CT molecular complexity index is 658. The Kier molecular flexibility index (Phi) is 5.05. The molecule has 6 heteroatoms. The van der Waals surface area contributed by atoms with Crippen LogP contribution in [0, 0.1) is 5.92 Å². The maximum absolute atomic E-state index is 11.1. The average Bonchev–Trinajstić information content (AvgIpc) is 3.16. The molecule has 2 aromatic rings. The smallest absolute Gasteiger partial charge is 0.249 e. The van der Waals surface area contributed by atoms with Crippen LogP contribution < -0.4 is 11.1 Å². The number of carbonyl (C=O) groups excluding carboxylic acids is 1. The van der Waals surface area contributed by atoms with Crippen LogP contribution in [0.1, 0.15) is 33.3 Å². The number of nitrogens with one attached hydrogen (secondary N) is 1. The van der Waals surface area contributed by atoms with E-state index in [2.05, 4.69) is 28.3 Å². The van der Waals surface area contributed by atoms with Crippen molar-refractivity contribution in [2.75, 3.05) is 20.1 Å². The van der Waals surface area contributed by atoms with Crippen LogP contribution in [0.4, 0.5) is 0 Å². The van der Waals surface area contributed by atoms with Crippen molar-refractivity contribution in [3.05, 3.63) is 52.0 Å². The predicted molar refractivity (Wildman–Crippen MR) is 92.3 cm³/mol. The molecule has 0 spiro atoms. The lowest BCUT2D eigenvalue weighted by atomic mass is 9.95. The molecule has 23 heavy (non-hydrogen) atoms. The molecule has 0 radical (unpaired) electrons. The topological polar surface area (TPSA) is 71.2 Å². The van der Waals surface area contributed by atoms with E-state index in [-0.39, 0.29) is 5.91 Å². The minimum absolute atomic E-state index is 0.360. The molecule has 1 aliphatic rings. The monoisotopic (exact) mass is 330 g/mol. The minimum Gasteiger partial charge on any atom is -0.366 e. The molecule has 0 aromatic carbocycles. The van der Waals surface area contributed by atoms with Crippen LogP contribution in [0.5, 0.6) is 0 Å². The van der Waals surface area contributed by atoms with Crippen molar-refractivity contribution in [1.82, 2.24) is 15.2 Å². The van der Waals surface area contributed by atoms with Gasteiger partial charge in [-0.15, -0.1) is 11.3 Å². The quantitative estimate of drug-likeness (QED) is 0.850. The van der Waals surface area contributed by atoms with Crippen LogP contribution in [0.2, 0.25) is 0 Å². The Morgan fingerprint density at radius 2 is 2.43 bits per heavy atom. The lowest BCUT2D eigenvalue weighted by Gasteiger charge is -2.25. The van der Waals surface area contributed by atoms with E-state index in [1.54, 1.807) is 11.3 Å². The van der Waals surface area contributed by atoms with E-state index in [4.69, 9.17) is 5.73 Å². The van der Waals surface area contributed by atoms with Gasteiger partial charge < -0.3 is 11.1 Å². The Labute approximate surface area is 140 Å². The highest BCUT2D eigenvalue weighted by atomic mass is 32.1. The van der Waals surface area contributed by atoms with E-state index in [9.17, 15) is 4.79 Å². The highest BCUT2D eigenvalue weighted by Crippen LogP contribution is 2.35. The minimum atomic E-state index is -0.360. The third-order valence-corrected chi connectivity index (χ3v) is 5.38. The number of pyridine rings is 1. The number of nitrogens with two attached hydrogens (primary N) is 1. The van der Waals surface area contributed by atoms with Crippen LogP contribution in [0.3, 0.4) is 0 Å². The molecule has 3 N–H and O–H groups in total.